The Morgan fingerprint density at radius 1 is 0.872 bits per heavy atom. The first kappa shape index (κ1) is 25.1. The lowest BCUT2D eigenvalue weighted by Crippen LogP contribution is -2.45. The van der Waals surface area contributed by atoms with Gasteiger partial charge in [-0.1, -0.05) is 11.3 Å². The molecule has 1 aliphatic rings. The van der Waals surface area contributed by atoms with Crippen molar-refractivity contribution < 1.29 is 8.78 Å². The van der Waals surface area contributed by atoms with Crippen molar-refractivity contribution in [1.82, 2.24) is 19.9 Å². The van der Waals surface area contributed by atoms with E-state index in [1.807, 2.05) is 48.5 Å². The molecular formula is C29H27F2N7S. The van der Waals surface area contributed by atoms with Crippen molar-refractivity contribution in [1.29, 1.82) is 0 Å². The van der Waals surface area contributed by atoms with E-state index in [2.05, 4.69) is 31.2 Å². The maximum atomic E-state index is 13.3. The van der Waals surface area contributed by atoms with Crippen molar-refractivity contribution >= 4 is 49.8 Å². The third-order valence-electron chi connectivity index (χ3n) is 6.83. The number of pyridine rings is 2. The summed E-state index contributed by atoms with van der Waals surface area (Å²) in [4.78, 5) is 21.4. The summed E-state index contributed by atoms with van der Waals surface area (Å²) in [5, 5.41) is 4.05. The highest BCUT2D eigenvalue weighted by molar-refractivity contribution is 7.21. The minimum Gasteiger partial charge on any atom is -0.369 e. The molecule has 39 heavy (non-hydrogen) atoms. The summed E-state index contributed by atoms with van der Waals surface area (Å²) in [5.41, 5.74) is 3.88. The van der Waals surface area contributed by atoms with Gasteiger partial charge in [0.2, 0.25) is 0 Å². The second-order valence-electron chi connectivity index (χ2n) is 9.46. The number of benzene rings is 2. The molecule has 1 aliphatic heterocycles. The van der Waals surface area contributed by atoms with Crippen LogP contribution in [-0.4, -0.2) is 53.1 Å². The van der Waals surface area contributed by atoms with E-state index in [-0.39, 0.29) is 11.6 Å². The monoisotopic (exact) mass is 543 g/mol. The molecule has 10 heteroatoms. The van der Waals surface area contributed by atoms with E-state index in [1.54, 1.807) is 12.1 Å². The van der Waals surface area contributed by atoms with Crippen LogP contribution in [0.2, 0.25) is 0 Å². The Bertz CT molecular complexity index is 1570. The number of aromatic nitrogens is 3. The van der Waals surface area contributed by atoms with Gasteiger partial charge in [0.1, 0.15) is 33.6 Å². The summed E-state index contributed by atoms with van der Waals surface area (Å²) < 4.78 is 26.5. The van der Waals surface area contributed by atoms with Gasteiger partial charge in [-0.2, -0.15) is 0 Å². The van der Waals surface area contributed by atoms with Gasteiger partial charge in [-0.05, 0) is 78.4 Å². The molecule has 1 fully saturated rings. The summed E-state index contributed by atoms with van der Waals surface area (Å²) >= 11 is 1.46. The highest BCUT2D eigenvalue weighted by Crippen LogP contribution is 2.30. The number of hydrogen-bond acceptors (Lipinski definition) is 8. The number of nitrogens with zero attached hydrogens (tertiary/aromatic N) is 6. The number of rotatable bonds is 7. The maximum Gasteiger partial charge on any atom is 0.190 e. The van der Waals surface area contributed by atoms with E-state index >= 15 is 0 Å². The number of thiazole rings is 1. The molecule has 0 bridgehead atoms. The minimum absolute atomic E-state index is 0.208. The molecule has 0 spiro atoms. The molecule has 7 nitrogen and oxygen atoms in total. The van der Waals surface area contributed by atoms with Crippen LogP contribution in [0.3, 0.4) is 0 Å². The van der Waals surface area contributed by atoms with Crippen LogP contribution in [0.15, 0.2) is 79.0 Å². The molecule has 3 aromatic heterocycles. The van der Waals surface area contributed by atoms with Gasteiger partial charge in [0.05, 0.1) is 0 Å². The lowest BCUT2D eigenvalue weighted by atomic mass is 10.2. The van der Waals surface area contributed by atoms with E-state index in [0.717, 1.165) is 71.2 Å². The van der Waals surface area contributed by atoms with E-state index < -0.39 is 0 Å². The van der Waals surface area contributed by atoms with Gasteiger partial charge in [-0.15, -0.1) is 0 Å². The van der Waals surface area contributed by atoms with Crippen LogP contribution in [0.5, 0.6) is 0 Å². The molecule has 198 valence electrons. The SMILES string of the molecule is CN(c1ccc(F)cc1)c1ccc2nc(Nc3cc(CN4CCN(c5ccc(F)cc5)CC4)ccn3)sc2n1. The third kappa shape index (κ3) is 5.81. The Balaban J connectivity index is 1.09. The largest absolute Gasteiger partial charge is 0.369 e. The second kappa shape index (κ2) is 10.9. The van der Waals surface area contributed by atoms with Crippen LogP contribution < -0.4 is 15.1 Å². The Kier molecular flexibility index (Phi) is 7.04. The van der Waals surface area contributed by atoms with Crippen LogP contribution in [0, 0.1) is 11.6 Å². The van der Waals surface area contributed by atoms with Gasteiger partial charge in [0, 0.05) is 57.3 Å². The van der Waals surface area contributed by atoms with Crippen molar-refractivity contribution in [3.8, 4) is 0 Å². The van der Waals surface area contributed by atoms with E-state index in [0.29, 0.717) is 0 Å². The lowest BCUT2D eigenvalue weighted by Gasteiger charge is -2.36. The zero-order valence-electron chi connectivity index (χ0n) is 21.4. The number of nitrogens with one attached hydrogen (secondary N) is 1. The van der Waals surface area contributed by atoms with E-state index in [1.165, 1.54) is 41.2 Å². The van der Waals surface area contributed by atoms with Gasteiger partial charge < -0.3 is 15.1 Å². The predicted octanol–water partition coefficient (Wildman–Crippen LogP) is 6.20. The van der Waals surface area contributed by atoms with Crippen molar-refractivity contribution in [2.75, 3.05) is 48.3 Å². The quantitative estimate of drug-likeness (QED) is 0.262. The molecule has 0 atom stereocenters. The van der Waals surface area contributed by atoms with Crippen molar-refractivity contribution in [2.45, 2.75) is 6.54 Å². The summed E-state index contributed by atoms with van der Waals surface area (Å²) in [6.45, 7) is 4.49. The van der Waals surface area contributed by atoms with Gasteiger partial charge in [-0.3, -0.25) is 4.90 Å². The number of hydrogen-bond donors (Lipinski definition) is 1. The van der Waals surface area contributed by atoms with Gasteiger partial charge in [0.15, 0.2) is 5.13 Å². The first-order valence-corrected chi connectivity index (χ1v) is 13.5. The molecule has 2 aromatic carbocycles. The minimum atomic E-state index is -0.268. The molecule has 0 amide bonds. The van der Waals surface area contributed by atoms with Crippen molar-refractivity contribution in [2.24, 2.45) is 0 Å². The van der Waals surface area contributed by atoms with Crippen LogP contribution >= 0.6 is 11.3 Å². The molecule has 4 heterocycles. The van der Waals surface area contributed by atoms with Crippen LogP contribution in [0.4, 0.5) is 36.9 Å². The van der Waals surface area contributed by atoms with Crippen molar-refractivity contribution in [3.63, 3.8) is 0 Å². The first-order chi connectivity index (χ1) is 19.0. The highest BCUT2D eigenvalue weighted by atomic mass is 32.1. The van der Waals surface area contributed by atoms with Crippen LogP contribution in [-0.2, 0) is 6.54 Å². The number of halogens is 2. The Labute approximate surface area is 229 Å². The fourth-order valence-electron chi connectivity index (χ4n) is 4.67. The lowest BCUT2D eigenvalue weighted by molar-refractivity contribution is 0.250. The molecule has 1 N–H and O–H groups in total. The topological polar surface area (TPSA) is 60.4 Å². The number of fused-ring (bicyclic) bond motifs is 1. The number of piperazine rings is 1. The molecule has 1 saturated heterocycles. The average Bonchev–Trinajstić information content (AvgIpc) is 3.36. The smallest absolute Gasteiger partial charge is 0.190 e. The van der Waals surface area contributed by atoms with Gasteiger partial charge >= 0.3 is 0 Å². The molecule has 6 rings (SSSR count). The molecule has 0 unspecified atom stereocenters. The Morgan fingerprint density at radius 2 is 1.59 bits per heavy atom. The molecule has 0 radical (unpaired) electrons. The first-order valence-electron chi connectivity index (χ1n) is 12.7. The Hall–Kier alpha value is -4.15. The van der Waals surface area contributed by atoms with Gasteiger partial charge in [0.25, 0.3) is 0 Å². The summed E-state index contributed by atoms with van der Waals surface area (Å²) in [5.74, 6) is 1.01. The Morgan fingerprint density at radius 3 is 2.33 bits per heavy atom. The second-order valence-corrected chi connectivity index (χ2v) is 10.4. The molecule has 0 aliphatic carbocycles. The van der Waals surface area contributed by atoms with Crippen molar-refractivity contribution in [3.05, 3.63) is 96.2 Å². The molecule has 5 aromatic rings. The standard InChI is InChI=1S/C29H27F2N7S/c1-36(23-6-2-21(30)3-7-23)27-11-10-25-28(35-27)39-29(33-25)34-26-18-20(12-13-32-26)19-37-14-16-38(17-15-37)24-8-4-22(31)5-9-24/h2-13,18H,14-17,19H2,1H3,(H,32,33,34). The number of anilines is 5. The van der Waals surface area contributed by atoms with Gasteiger partial charge in [-0.25, -0.2) is 23.7 Å². The average molecular weight is 544 g/mol. The fraction of sp³-hybridized carbons (Fsp3) is 0.207. The van der Waals surface area contributed by atoms with E-state index in [9.17, 15) is 8.78 Å². The predicted molar refractivity (Wildman–Crippen MR) is 153 cm³/mol. The van der Waals surface area contributed by atoms with Crippen LogP contribution in [0.1, 0.15) is 5.56 Å². The highest BCUT2D eigenvalue weighted by Gasteiger charge is 2.18. The summed E-state index contributed by atoms with van der Waals surface area (Å²) in [7, 11) is 1.90. The molecule has 0 saturated carbocycles. The normalized spacial score (nSPS) is 14.1. The zero-order valence-corrected chi connectivity index (χ0v) is 22.2. The third-order valence-corrected chi connectivity index (χ3v) is 7.71. The summed E-state index contributed by atoms with van der Waals surface area (Å²) in [6, 6.07) is 21.0. The van der Waals surface area contributed by atoms with Crippen LogP contribution in [0.25, 0.3) is 10.3 Å². The van der Waals surface area contributed by atoms with E-state index in [4.69, 9.17) is 4.98 Å². The molecular weight excluding hydrogens is 516 g/mol. The fourth-order valence-corrected chi connectivity index (χ4v) is 5.51. The summed E-state index contributed by atoms with van der Waals surface area (Å²) in [6.07, 6.45) is 1.81. The maximum absolute atomic E-state index is 13.3. The zero-order chi connectivity index (χ0) is 26.8.